The molecule has 2 aromatic rings. The zero-order valence-electron chi connectivity index (χ0n) is 19.2. The van der Waals surface area contributed by atoms with Crippen LogP contribution in [0, 0.1) is 18.7 Å². The Morgan fingerprint density at radius 2 is 1.91 bits per heavy atom. The number of aliphatic hydroxyl groups is 1. The van der Waals surface area contributed by atoms with Gasteiger partial charge in [-0.05, 0) is 67.6 Å². The minimum atomic E-state index is -4.21. The van der Waals surface area contributed by atoms with Crippen LogP contribution >= 0.6 is 0 Å². The van der Waals surface area contributed by atoms with Gasteiger partial charge in [0.2, 0.25) is 10.0 Å². The number of amides is 1. The second-order valence-electron chi connectivity index (χ2n) is 8.45. The van der Waals surface area contributed by atoms with Crippen molar-refractivity contribution in [3.8, 4) is 5.75 Å². The number of methoxy groups -OCH3 is 1. The standard InChI is InChI=1S/C23H27F3N2O6S/c1-14-9-17(4-5-18(14)24)28-21(29)16-3-6-19(34-8-7-33-2)20(10-16)35(31,32)27-13-15-11-23(30,12-15)22(25)26/h3-6,9-10,15,22,27,30H,7-8,11-13H2,1-2H3,(H,28,29). The maximum Gasteiger partial charge on any atom is 0.266 e. The molecule has 2 aromatic carbocycles. The predicted molar refractivity (Wildman–Crippen MR) is 122 cm³/mol. The Balaban J connectivity index is 1.79. The number of alkyl halides is 2. The molecule has 1 aliphatic carbocycles. The molecule has 0 heterocycles. The number of sulfonamides is 1. The molecule has 3 rings (SSSR count). The average Bonchev–Trinajstić information content (AvgIpc) is 2.78. The lowest BCUT2D eigenvalue weighted by Gasteiger charge is -2.42. The highest BCUT2D eigenvalue weighted by molar-refractivity contribution is 7.89. The number of ether oxygens (including phenoxy) is 2. The second-order valence-corrected chi connectivity index (χ2v) is 10.2. The second kappa shape index (κ2) is 10.9. The molecule has 0 aliphatic heterocycles. The molecular weight excluding hydrogens is 489 g/mol. The van der Waals surface area contributed by atoms with Gasteiger partial charge in [0, 0.05) is 24.9 Å². The molecule has 3 N–H and O–H groups in total. The number of hydrogen-bond acceptors (Lipinski definition) is 6. The van der Waals surface area contributed by atoms with Crippen LogP contribution in [0.5, 0.6) is 5.75 Å². The Hall–Kier alpha value is -2.67. The van der Waals surface area contributed by atoms with Gasteiger partial charge in [-0.2, -0.15) is 0 Å². The third-order valence-corrected chi connectivity index (χ3v) is 7.15. The molecule has 1 aliphatic rings. The fourth-order valence-corrected chi connectivity index (χ4v) is 4.99. The van der Waals surface area contributed by atoms with Crippen molar-refractivity contribution in [1.29, 1.82) is 0 Å². The first-order chi connectivity index (χ1) is 16.4. The molecule has 35 heavy (non-hydrogen) atoms. The number of aryl methyl sites for hydroxylation is 1. The van der Waals surface area contributed by atoms with Gasteiger partial charge in [-0.1, -0.05) is 0 Å². The molecule has 8 nitrogen and oxygen atoms in total. The summed E-state index contributed by atoms with van der Waals surface area (Å²) in [5.41, 5.74) is -1.44. The first-order valence-corrected chi connectivity index (χ1v) is 12.3. The van der Waals surface area contributed by atoms with Crippen LogP contribution in [0.15, 0.2) is 41.3 Å². The predicted octanol–water partition coefficient (Wildman–Crippen LogP) is 3.10. The number of halogens is 3. The SMILES string of the molecule is COCCOc1ccc(C(=O)Nc2ccc(F)c(C)c2)cc1S(=O)(=O)NCC1CC(O)(C(F)F)C1. The monoisotopic (exact) mass is 516 g/mol. The Kier molecular flexibility index (Phi) is 8.42. The molecule has 0 atom stereocenters. The lowest BCUT2D eigenvalue weighted by Crippen LogP contribution is -2.52. The average molecular weight is 517 g/mol. The number of benzene rings is 2. The normalized spacial score (nSPS) is 19.9. The van der Waals surface area contributed by atoms with Crippen molar-refractivity contribution in [3.05, 3.63) is 53.3 Å². The summed E-state index contributed by atoms with van der Waals surface area (Å²) >= 11 is 0. The summed E-state index contributed by atoms with van der Waals surface area (Å²) in [5.74, 6) is -1.55. The molecule has 192 valence electrons. The molecule has 12 heteroatoms. The van der Waals surface area contributed by atoms with E-state index >= 15 is 0 Å². The zero-order valence-corrected chi connectivity index (χ0v) is 20.0. The van der Waals surface area contributed by atoms with E-state index in [2.05, 4.69) is 10.0 Å². The summed E-state index contributed by atoms with van der Waals surface area (Å²) in [6.07, 6.45) is -3.37. The molecule has 0 unspecified atom stereocenters. The van der Waals surface area contributed by atoms with E-state index in [1.165, 1.54) is 44.4 Å². The molecule has 1 amide bonds. The summed E-state index contributed by atoms with van der Waals surface area (Å²) in [5, 5.41) is 12.3. The number of carbonyl (C=O) groups is 1. The van der Waals surface area contributed by atoms with Crippen LogP contribution in [0.25, 0.3) is 0 Å². The van der Waals surface area contributed by atoms with Gasteiger partial charge in [-0.25, -0.2) is 26.3 Å². The molecule has 1 fully saturated rings. The van der Waals surface area contributed by atoms with Crippen LogP contribution in [0.2, 0.25) is 0 Å². The van der Waals surface area contributed by atoms with Crippen molar-refractivity contribution in [2.24, 2.45) is 5.92 Å². The third kappa shape index (κ3) is 6.51. The first kappa shape index (κ1) is 26.9. The zero-order chi connectivity index (χ0) is 25.8. The minimum absolute atomic E-state index is 0.00200. The van der Waals surface area contributed by atoms with Crippen LogP contribution in [0.4, 0.5) is 18.9 Å². The van der Waals surface area contributed by atoms with Crippen LogP contribution in [-0.2, 0) is 14.8 Å². The van der Waals surface area contributed by atoms with Gasteiger partial charge in [0.05, 0.1) is 6.61 Å². The fourth-order valence-electron chi connectivity index (χ4n) is 3.71. The summed E-state index contributed by atoms with van der Waals surface area (Å²) in [4.78, 5) is 12.4. The summed E-state index contributed by atoms with van der Waals surface area (Å²) in [7, 11) is -2.76. The van der Waals surface area contributed by atoms with Crippen LogP contribution < -0.4 is 14.8 Å². The van der Waals surface area contributed by atoms with Crippen molar-refractivity contribution in [2.45, 2.75) is 36.7 Å². The van der Waals surface area contributed by atoms with E-state index in [-0.39, 0.29) is 48.8 Å². The van der Waals surface area contributed by atoms with Crippen molar-refractivity contribution in [3.63, 3.8) is 0 Å². The Bertz CT molecular complexity index is 1170. The van der Waals surface area contributed by atoms with E-state index in [4.69, 9.17) is 9.47 Å². The number of carbonyl (C=O) groups excluding carboxylic acids is 1. The third-order valence-electron chi connectivity index (χ3n) is 5.71. The van der Waals surface area contributed by atoms with Crippen molar-refractivity contribution >= 4 is 21.6 Å². The molecule has 1 saturated carbocycles. The van der Waals surface area contributed by atoms with Gasteiger partial charge in [-0.3, -0.25) is 4.79 Å². The van der Waals surface area contributed by atoms with Gasteiger partial charge in [-0.15, -0.1) is 0 Å². The molecule has 0 radical (unpaired) electrons. The Morgan fingerprint density at radius 1 is 1.20 bits per heavy atom. The van der Waals surface area contributed by atoms with Gasteiger partial charge in [0.15, 0.2) is 0 Å². The highest BCUT2D eigenvalue weighted by Gasteiger charge is 2.49. The molecule has 0 aromatic heterocycles. The van der Waals surface area contributed by atoms with Crippen molar-refractivity contribution in [1.82, 2.24) is 4.72 Å². The van der Waals surface area contributed by atoms with E-state index in [9.17, 15) is 31.5 Å². The maximum absolute atomic E-state index is 13.5. The van der Waals surface area contributed by atoms with E-state index in [0.29, 0.717) is 11.3 Å². The van der Waals surface area contributed by atoms with Gasteiger partial charge in [0.1, 0.15) is 28.7 Å². The number of anilines is 1. The molecule has 0 bridgehead atoms. The molecule has 0 saturated heterocycles. The summed E-state index contributed by atoms with van der Waals surface area (Å²) < 4.78 is 78.0. The summed E-state index contributed by atoms with van der Waals surface area (Å²) in [6.45, 7) is 1.61. The van der Waals surface area contributed by atoms with Gasteiger partial charge >= 0.3 is 0 Å². The Morgan fingerprint density at radius 3 is 2.54 bits per heavy atom. The van der Waals surface area contributed by atoms with Crippen LogP contribution in [0.3, 0.4) is 0 Å². The lowest BCUT2D eigenvalue weighted by molar-refractivity contribution is -0.166. The number of nitrogens with one attached hydrogen (secondary N) is 2. The smallest absolute Gasteiger partial charge is 0.266 e. The quantitative estimate of drug-likeness (QED) is 0.396. The first-order valence-electron chi connectivity index (χ1n) is 10.8. The van der Waals surface area contributed by atoms with Crippen molar-refractivity contribution in [2.75, 3.05) is 32.2 Å². The maximum atomic E-state index is 13.5. The number of hydrogen-bond donors (Lipinski definition) is 3. The van der Waals surface area contributed by atoms with Gasteiger partial charge in [0.25, 0.3) is 12.3 Å². The van der Waals surface area contributed by atoms with E-state index in [1.807, 2.05) is 0 Å². The van der Waals surface area contributed by atoms with E-state index in [0.717, 1.165) is 6.07 Å². The van der Waals surface area contributed by atoms with Gasteiger partial charge < -0.3 is 19.9 Å². The van der Waals surface area contributed by atoms with Crippen LogP contribution in [-0.4, -0.2) is 58.3 Å². The largest absolute Gasteiger partial charge is 0.490 e. The fraction of sp³-hybridized carbons (Fsp3) is 0.435. The van der Waals surface area contributed by atoms with E-state index in [1.54, 1.807) is 0 Å². The minimum Gasteiger partial charge on any atom is -0.490 e. The Labute approximate surface area is 201 Å². The summed E-state index contributed by atoms with van der Waals surface area (Å²) in [6, 6.07) is 7.85. The highest BCUT2D eigenvalue weighted by atomic mass is 32.2. The number of rotatable bonds is 11. The molecular formula is C23H27F3N2O6S. The topological polar surface area (TPSA) is 114 Å². The van der Waals surface area contributed by atoms with Crippen molar-refractivity contribution < 1.29 is 41.0 Å². The lowest BCUT2D eigenvalue weighted by atomic mass is 9.71. The highest BCUT2D eigenvalue weighted by Crippen LogP contribution is 2.41. The van der Waals surface area contributed by atoms with E-state index < -0.39 is 39.7 Å². The van der Waals surface area contributed by atoms with Crippen LogP contribution in [0.1, 0.15) is 28.8 Å². The molecule has 0 spiro atoms.